The number of carbonyl (C=O) groups is 1. The van der Waals surface area contributed by atoms with E-state index in [-0.39, 0.29) is 6.10 Å². The minimum Gasteiger partial charge on any atom is -0.346 e. The lowest BCUT2D eigenvalue weighted by Crippen LogP contribution is -2.33. The summed E-state index contributed by atoms with van der Waals surface area (Å²) in [5.74, 6) is 0. The molecule has 0 spiro atoms. The number of hydrogen-bond acceptors (Lipinski definition) is 3. The molecule has 0 aromatic carbocycles. The van der Waals surface area contributed by atoms with Gasteiger partial charge in [0, 0.05) is 0 Å². The third kappa shape index (κ3) is 2.75. The van der Waals surface area contributed by atoms with Gasteiger partial charge in [-0.1, -0.05) is 6.08 Å². The quantitative estimate of drug-likeness (QED) is 0.471. The van der Waals surface area contributed by atoms with Crippen molar-refractivity contribution >= 4 is 6.29 Å². The van der Waals surface area contributed by atoms with E-state index in [0.717, 1.165) is 19.3 Å². The first kappa shape index (κ1) is 9.42. The Labute approximate surface area is 72.4 Å². The molecule has 0 bridgehead atoms. The van der Waals surface area contributed by atoms with Gasteiger partial charge in [0.05, 0.1) is 12.7 Å². The second kappa shape index (κ2) is 5.06. The number of ether oxygens (including phenoxy) is 2. The summed E-state index contributed by atoms with van der Waals surface area (Å²) in [7, 11) is 0. The summed E-state index contributed by atoms with van der Waals surface area (Å²) in [6.07, 6.45) is 4.79. The van der Waals surface area contributed by atoms with E-state index in [9.17, 15) is 4.79 Å². The maximum Gasteiger partial charge on any atom is 0.214 e. The van der Waals surface area contributed by atoms with Gasteiger partial charge >= 0.3 is 0 Å². The molecule has 0 N–H and O–H groups in total. The van der Waals surface area contributed by atoms with Crippen LogP contribution >= 0.6 is 0 Å². The van der Waals surface area contributed by atoms with Crippen molar-refractivity contribution in [1.82, 2.24) is 0 Å². The largest absolute Gasteiger partial charge is 0.346 e. The highest BCUT2D eigenvalue weighted by Gasteiger charge is 2.21. The Morgan fingerprint density at radius 1 is 1.58 bits per heavy atom. The third-order valence-electron chi connectivity index (χ3n) is 1.85. The lowest BCUT2D eigenvalue weighted by Gasteiger charge is -2.26. The molecule has 1 heterocycles. The second-order valence-electron chi connectivity index (χ2n) is 2.79. The van der Waals surface area contributed by atoms with Gasteiger partial charge in [0.15, 0.2) is 6.29 Å². The lowest BCUT2D eigenvalue weighted by atomic mass is 10.1. The van der Waals surface area contributed by atoms with Crippen LogP contribution in [0.25, 0.3) is 0 Å². The van der Waals surface area contributed by atoms with Crippen LogP contribution in [0.1, 0.15) is 19.3 Å². The minimum atomic E-state index is -0.645. The molecule has 0 saturated carbocycles. The van der Waals surface area contributed by atoms with Gasteiger partial charge in [-0.25, -0.2) is 0 Å². The Bertz CT molecular complexity index is 156. The summed E-state index contributed by atoms with van der Waals surface area (Å²) in [5, 5.41) is 0. The van der Waals surface area contributed by atoms with Crippen molar-refractivity contribution in [3.63, 3.8) is 0 Å². The monoisotopic (exact) mass is 170 g/mol. The Morgan fingerprint density at radius 3 is 3.08 bits per heavy atom. The first-order valence-corrected chi connectivity index (χ1v) is 4.20. The average Bonchev–Trinajstić information content (AvgIpc) is 2.15. The van der Waals surface area contributed by atoms with Gasteiger partial charge in [-0.2, -0.15) is 0 Å². The van der Waals surface area contributed by atoms with Crippen LogP contribution in [0.2, 0.25) is 0 Å². The number of allylic oxidation sites excluding steroid dienone is 1. The van der Waals surface area contributed by atoms with E-state index in [4.69, 9.17) is 9.47 Å². The Balaban J connectivity index is 2.25. The number of rotatable bonds is 4. The molecule has 0 aromatic rings. The molecule has 0 aromatic heterocycles. The highest BCUT2D eigenvalue weighted by molar-refractivity contribution is 5.53. The van der Waals surface area contributed by atoms with Crippen LogP contribution in [0.5, 0.6) is 0 Å². The van der Waals surface area contributed by atoms with Gasteiger partial charge in [-0.3, -0.25) is 4.79 Å². The zero-order valence-electron chi connectivity index (χ0n) is 7.07. The molecule has 3 heteroatoms. The van der Waals surface area contributed by atoms with Crippen LogP contribution in [0.3, 0.4) is 0 Å². The Kier molecular flexibility index (Phi) is 3.97. The zero-order chi connectivity index (χ0) is 8.81. The van der Waals surface area contributed by atoms with E-state index in [1.165, 1.54) is 0 Å². The summed E-state index contributed by atoms with van der Waals surface area (Å²) in [4.78, 5) is 10.3. The van der Waals surface area contributed by atoms with Gasteiger partial charge < -0.3 is 9.47 Å². The second-order valence-corrected chi connectivity index (χ2v) is 2.79. The van der Waals surface area contributed by atoms with Crippen LogP contribution in [-0.4, -0.2) is 25.3 Å². The van der Waals surface area contributed by atoms with Crippen molar-refractivity contribution in [2.24, 2.45) is 0 Å². The van der Waals surface area contributed by atoms with Crippen LogP contribution in [0.4, 0.5) is 0 Å². The van der Waals surface area contributed by atoms with Crippen molar-refractivity contribution in [2.45, 2.75) is 31.7 Å². The smallest absolute Gasteiger partial charge is 0.214 e. The predicted octanol–water partition coefficient (Wildman–Crippen LogP) is 1.28. The summed E-state index contributed by atoms with van der Waals surface area (Å²) in [6.45, 7) is 4.24. The van der Waals surface area contributed by atoms with Gasteiger partial charge in [0.2, 0.25) is 6.29 Å². The third-order valence-corrected chi connectivity index (χ3v) is 1.85. The summed E-state index contributed by atoms with van der Waals surface area (Å²) in [5.41, 5.74) is 0. The highest BCUT2D eigenvalue weighted by atomic mass is 16.7. The maximum atomic E-state index is 10.3. The summed E-state index contributed by atoms with van der Waals surface area (Å²) < 4.78 is 10.3. The van der Waals surface area contributed by atoms with Gasteiger partial charge in [-0.05, 0) is 19.3 Å². The van der Waals surface area contributed by atoms with E-state index in [1.54, 1.807) is 0 Å². The van der Waals surface area contributed by atoms with E-state index in [2.05, 4.69) is 6.58 Å². The maximum absolute atomic E-state index is 10.3. The average molecular weight is 170 g/mol. The zero-order valence-corrected chi connectivity index (χ0v) is 7.07. The number of aldehydes is 1. The standard InChI is InChI=1S/C9H14O3/c1-2-3-4-8-5-6-11-9(7-10)12-8/h2,7-9H,1,3-6H2. The van der Waals surface area contributed by atoms with Crippen molar-refractivity contribution in [3.8, 4) is 0 Å². The summed E-state index contributed by atoms with van der Waals surface area (Å²) >= 11 is 0. The van der Waals surface area contributed by atoms with E-state index >= 15 is 0 Å². The van der Waals surface area contributed by atoms with E-state index in [0.29, 0.717) is 12.9 Å². The fourth-order valence-electron chi connectivity index (χ4n) is 1.20. The normalized spacial score (nSPS) is 29.7. The molecule has 12 heavy (non-hydrogen) atoms. The van der Waals surface area contributed by atoms with Crippen molar-refractivity contribution in [3.05, 3.63) is 12.7 Å². The van der Waals surface area contributed by atoms with E-state index in [1.807, 2.05) is 6.08 Å². The fourth-order valence-corrected chi connectivity index (χ4v) is 1.20. The molecule has 1 saturated heterocycles. The molecule has 1 aliphatic heterocycles. The van der Waals surface area contributed by atoms with Crippen molar-refractivity contribution < 1.29 is 14.3 Å². The van der Waals surface area contributed by atoms with Gasteiger partial charge in [-0.15, -0.1) is 6.58 Å². The van der Waals surface area contributed by atoms with Crippen LogP contribution in [0, 0.1) is 0 Å². The molecular weight excluding hydrogens is 156 g/mol. The molecule has 0 amide bonds. The highest BCUT2D eigenvalue weighted by Crippen LogP contribution is 2.15. The van der Waals surface area contributed by atoms with Crippen molar-refractivity contribution in [2.75, 3.05) is 6.61 Å². The van der Waals surface area contributed by atoms with E-state index < -0.39 is 6.29 Å². The topological polar surface area (TPSA) is 35.5 Å². The first-order valence-electron chi connectivity index (χ1n) is 4.20. The number of carbonyl (C=O) groups excluding carboxylic acids is 1. The van der Waals surface area contributed by atoms with Crippen LogP contribution in [0.15, 0.2) is 12.7 Å². The fraction of sp³-hybridized carbons (Fsp3) is 0.667. The Morgan fingerprint density at radius 2 is 2.42 bits per heavy atom. The SMILES string of the molecule is C=CCCC1CCOC(C=O)O1. The molecule has 2 atom stereocenters. The van der Waals surface area contributed by atoms with Crippen LogP contribution < -0.4 is 0 Å². The molecule has 0 aliphatic carbocycles. The molecule has 68 valence electrons. The molecule has 1 fully saturated rings. The van der Waals surface area contributed by atoms with Gasteiger partial charge in [0.25, 0.3) is 0 Å². The molecular formula is C9H14O3. The molecule has 1 aliphatic rings. The molecule has 2 unspecified atom stereocenters. The lowest BCUT2D eigenvalue weighted by molar-refractivity contribution is -0.202. The number of hydrogen-bond donors (Lipinski definition) is 0. The molecule has 1 rings (SSSR count). The van der Waals surface area contributed by atoms with Crippen molar-refractivity contribution in [1.29, 1.82) is 0 Å². The van der Waals surface area contributed by atoms with Gasteiger partial charge in [0.1, 0.15) is 0 Å². The first-order chi connectivity index (χ1) is 5.86. The molecule has 0 radical (unpaired) electrons. The molecule has 3 nitrogen and oxygen atoms in total. The Hall–Kier alpha value is -0.670. The van der Waals surface area contributed by atoms with Crippen LogP contribution in [-0.2, 0) is 14.3 Å². The summed E-state index contributed by atoms with van der Waals surface area (Å²) in [6, 6.07) is 0. The predicted molar refractivity (Wildman–Crippen MR) is 44.7 cm³/mol. The minimum absolute atomic E-state index is 0.159.